The zero-order chi connectivity index (χ0) is 17.5. The van der Waals surface area contributed by atoms with E-state index >= 15 is 0 Å². The zero-order valence-electron chi connectivity index (χ0n) is 15.4. The lowest BCUT2D eigenvalue weighted by Gasteiger charge is -2.40. The number of likely N-dealkylation sites (tertiary alicyclic amines) is 1. The summed E-state index contributed by atoms with van der Waals surface area (Å²) >= 11 is 0. The molecule has 2 heterocycles. The molecule has 6 nitrogen and oxygen atoms in total. The lowest BCUT2D eigenvalue weighted by Crippen LogP contribution is -2.50. The van der Waals surface area contributed by atoms with Gasteiger partial charge in [-0.3, -0.25) is 14.5 Å². The molecular formula is C19H33N3O3. The second-order valence-corrected chi connectivity index (χ2v) is 7.94. The number of amides is 2. The smallest absolute Gasteiger partial charge is 0.234 e. The van der Waals surface area contributed by atoms with Crippen molar-refractivity contribution in [3.8, 4) is 0 Å². The molecule has 6 heteroatoms. The molecule has 0 aromatic carbocycles. The summed E-state index contributed by atoms with van der Waals surface area (Å²) < 4.78 is 5.99. The number of ether oxygens (including phenoxy) is 1. The largest absolute Gasteiger partial charge is 0.373 e. The minimum Gasteiger partial charge on any atom is -0.373 e. The molecule has 0 radical (unpaired) electrons. The fourth-order valence-corrected chi connectivity index (χ4v) is 4.38. The second kappa shape index (κ2) is 8.99. The second-order valence-electron chi connectivity index (χ2n) is 7.94. The number of carbonyl (C=O) groups excluding carboxylic acids is 2. The van der Waals surface area contributed by atoms with Crippen molar-refractivity contribution < 1.29 is 14.3 Å². The first-order valence-corrected chi connectivity index (χ1v) is 10.1. The van der Waals surface area contributed by atoms with Crippen LogP contribution in [0.2, 0.25) is 0 Å². The number of rotatable bonds is 3. The third kappa shape index (κ3) is 5.68. The van der Waals surface area contributed by atoms with Gasteiger partial charge in [0.1, 0.15) is 0 Å². The molecule has 3 fully saturated rings. The van der Waals surface area contributed by atoms with Crippen LogP contribution in [-0.4, -0.2) is 61.1 Å². The molecule has 2 amide bonds. The summed E-state index contributed by atoms with van der Waals surface area (Å²) in [4.78, 5) is 26.4. The van der Waals surface area contributed by atoms with Crippen molar-refractivity contribution in [1.29, 1.82) is 0 Å². The molecule has 0 unspecified atom stereocenters. The molecule has 1 aliphatic carbocycles. The minimum absolute atomic E-state index is 0.0907. The van der Waals surface area contributed by atoms with Crippen LogP contribution >= 0.6 is 0 Å². The Hall–Kier alpha value is -1.14. The minimum atomic E-state index is -0.312. The molecule has 2 aliphatic heterocycles. The van der Waals surface area contributed by atoms with Crippen LogP contribution in [0.25, 0.3) is 0 Å². The Kier molecular flexibility index (Phi) is 6.70. The standard InChI is InChI=1S/C19H33N3O3/c23-17-14-19(25-13-10-20-17)8-11-22(12-9-19)15-18(24)21-16-6-4-2-1-3-5-7-16/h16H,1-15H2,(H,20,23)(H,21,24). The van der Waals surface area contributed by atoms with E-state index in [0.29, 0.717) is 32.2 Å². The number of hydrogen-bond donors (Lipinski definition) is 2. The van der Waals surface area contributed by atoms with Gasteiger partial charge in [0.15, 0.2) is 0 Å². The summed E-state index contributed by atoms with van der Waals surface area (Å²) in [5.74, 6) is 0.244. The molecule has 3 aliphatic rings. The summed E-state index contributed by atoms with van der Waals surface area (Å²) in [6, 6.07) is 0.359. The fourth-order valence-electron chi connectivity index (χ4n) is 4.38. The summed E-state index contributed by atoms with van der Waals surface area (Å²) in [6.07, 6.45) is 10.8. The van der Waals surface area contributed by atoms with E-state index in [1.165, 1.54) is 32.1 Å². The maximum absolute atomic E-state index is 12.4. The molecule has 2 saturated heterocycles. The van der Waals surface area contributed by atoms with Gasteiger partial charge in [0.05, 0.1) is 25.2 Å². The van der Waals surface area contributed by atoms with Crippen LogP contribution in [0.4, 0.5) is 0 Å². The van der Waals surface area contributed by atoms with Crippen LogP contribution < -0.4 is 10.6 Å². The SMILES string of the molecule is O=C1CC2(CCN(CC(=O)NC3CCCCCCC3)CC2)OCCN1. The van der Waals surface area contributed by atoms with Gasteiger partial charge in [0.25, 0.3) is 0 Å². The monoisotopic (exact) mass is 351 g/mol. The zero-order valence-corrected chi connectivity index (χ0v) is 15.4. The first kappa shape index (κ1) is 18.6. The molecule has 1 saturated carbocycles. The fraction of sp³-hybridized carbons (Fsp3) is 0.895. The highest BCUT2D eigenvalue weighted by atomic mass is 16.5. The first-order chi connectivity index (χ1) is 12.2. The van der Waals surface area contributed by atoms with Gasteiger partial charge < -0.3 is 15.4 Å². The van der Waals surface area contributed by atoms with Crippen LogP contribution in [0.5, 0.6) is 0 Å². The topological polar surface area (TPSA) is 70.7 Å². The van der Waals surface area contributed by atoms with Gasteiger partial charge in [0.2, 0.25) is 11.8 Å². The predicted molar refractivity (Wildman–Crippen MR) is 96.2 cm³/mol. The van der Waals surface area contributed by atoms with Crippen LogP contribution in [-0.2, 0) is 14.3 Å². The molecule has 0 aromatic rings. The third-order valence-electron chi connectivity index (χ3n) is 5.92. The number of nitrogens with one attached hydrogen (secondary N) is 2. The van der Waals surface area contributed by atoms with E-state index in [2.05, 4.69) is 15.5 Å². The average Bonchev–Trinajstić information content (AvgIpc) is 2.74. The Morgan fingerprint density at radius 1 is 1.16 bits per heavy atom. The van der Waals surface area contributed by atoms with Crippen LogP contribution in [0.3, 0.4) is 0 Å². The molecular weight excluding hydrogens is 318 g/mol. The molecule has 142 valence electrons. The first-order valence-electron chi connectivity index (χ1n) is 10.1. The Labute approximate surface area is 151 Å². The van der Waals surface area contributed by atoms with Crippen molar-refractivity contribution in [3.05, 3.63) is 0 Å². The Bertz CT molecular complexity index is 453. The van der Waals surface area contributed by atoms with Gasteiger partial charge in [-0.2, -0.15) is 0 Å². The number of hydrogen-bond acceptors (Lipinski definition) is 4. The molecule has 2 N–H and O–H groups in total. The Balaban J connectivity index is 1.42. The van der Waals surface area contributed by atoms with Crippen LogP contribution in [0, 0.1) is 0 Å². The molecule has 0 bridgehead atoms. The summed E-state index contributed by atoms with van der Waals surface area (Å²) in [7, 11) is 0. The van der Waals surface area contributed by atoms with Gasteiger partial charge in [-0.05, 0) is 25.7 Å². The highest BCUT2D eigenvalue weighted by Gasteiger charge is 2.39. The molecule has 3 rings (SSSR count). The van der Waals surface area contributed by atoms with E-state index in [-0.39, 0.29) is 17.4 Å². The molecule has 0 aromatic heterocycles. The lowest BCUT2D eigenvalue weighted by molar-refractivity contribution is -0.131. The highest BCUT2D eigenvalue weighted by Crippen LogP contribution is 2.30. The Morgan fingerprint density at radius 3 is 2.56 bits per heavy atom. The van der Waals surface area contributed by atoms with E-state index in [0.717, 1.165) is 38.8 Å². The molecule has 0 atom stereocenters. The normalized spacial score (nSPS) is 26.3. The quantitative estimate of drug-likeness (QED) is 0.810. The number of carbonyl (C=O) groups is 2. The third-order valence-corrected chi connectivity index (χ3v) is 5.92. The van der Waals surface area contributed by atoms with Gasteiger partial charge in [-0.25, -0.2) is 0 Å². The van der Waals surface area contributed by atoms with Gasteiger partial charge >= 0.3 is 0 Å². The number of nitrogens with zero attached hydrogens (tertiary/aromatic N) is 1. The summed E-state index contributed by atoms with van der Waals surface area (Å²) in [5.41, 5.74) is -0.312. The van der Waals surface area contributed by atoms with E-state index in [9.17, 15) is 9.59 Å². The van der Waals surface area contributed by atoms with E-state index < -0.39 is 0 Å². The van der Waals surface area contributed by atoms with Gasteiger partial charge in [-0.15, -0.1) is 0 Å². The average molecular weight is 351 g/mol. The predicted octanol–water partition coefficient (Wildman–Crippen LogP) is 1.59. The van der Waals surface area contributed by atoms with Gasteiger partial charge in [-0.1, -0.05) is 32.1 Å². The summed E-state index contributed by atoms with van der Waals surface area (Å²) in [6.45, 7) is 3.32. The Morgan fingerprint density at radius 2 is 1.84 bits per heavy atom. The van der Waals surface area contributed by atoms with Crippen molar-refractivity contribution in [1.82, 2.24) is 15.5 Å². The van der Waals surface area contributed by atoms with Crippen LogP contribution in [0.1, 0.15) is 64.2 Å². The highest BCUT2D eigenvalue weighted by molar-refractivity contribution is 5.78. The van der Waals surface area contributed by atoms with Crippen molar-refractivity contribution in [3.63, 3.8) is 0 Å². The maximum Gasteiger partial charge on any atom is 0.234 e. The lowest BCUT2D eigenvalue weighted by atomic mass is 9.87. The van der Waals surface area contributed by atoms with E-state index in [1.54, 1.807) is 0 Å². The molecule has 25 heavy (non-hydrogen) atoms. The molecule has 1 spiro atoms. The van der Waals surface area contributed by atoms with Gasteiger partial charge in [0, 0.05) is 25.7 Å². The maximum atomic E-state index is 12.4. The van der Waals surface area contributed by atoms with Crippen molar-refractivity contribution in [2.75, 3.05) is 32.8 Å². The van der Waals surface area contributed by atoms with Crippen molar-refractivity contribution >= 4 is 11.8 Å². The van der Waals surface area contributed by atoms with Crippen LogP contribution in [0.15, 0.2) is 0 Å². The summed E-state index contributed by atoms with van der Waals surface area (Å²) in [5, 5.41) is 6.12. The van der Waals surface area contributed by atoms with E-state index in [4.69, 9.17) is 4.74 Å². The van der Waals surface area contributed by atoms with Crippen molar-refractivity contribution in [2.24, 2.45) is 0 Å². The van der Waals surface area contributed by atoms with Crippen molar-refractivity contribution in [2.45, 2.75) is 75.9 Å². The van der Waals surface area contributed by atoms with E-state index in [1.807, 2.05) is 0 Å². The number of piperidine rings is 1.